The Kier molecular flexibility index (Phi) is 7.85. The number of ether oxygens (including phenoxy) is 1. The van der Waals surface area contributed by atoms with Gasteiger partial charge in [-0.15, -0.1) is 0 Å². The second-order valence-electron chi connectivity index (χ2n) is 7.74. The van der Waals surface area contributed by atoms with Crippen LogP contribution in [0, 0.1) is 0 Å². The first kappa shape index (κ1) is 21.8. The van der Waals surface area contributed by atoms with Crippen LogP contribution in [0.25, 0.3) is 0 Å². The van der Waals surface area contributed by atoms with E-state index < -0.39 is 6.04 Å². The minimum Gasteiger partial charge on any atom is -0.492 e. The first-order valence-corrected chi connectivity index (χ1v) is 10.7. The molecule has 0 bridgehead atoms. The second-order valence-corrected chi connectivity index (χ2v) is 7.74. The van der Waals surface area contributed by atoms with Gasteiger partial charge < -0.3 is 19.9 Å². The normalized spacial score (nSPS) is 15.5. The van der Waals surface area contributed by atoms with Crippen molar-refractivity contribution in [1.82, 2.24) is 5.32 Å². The maximum atomic E-state index is 12.6. The monoisotopic (exact) mass is 410 g/mol. The molecule has 30 heavy (non-hydrogen) atoms. The topological polar surface area (TPSA) is 63.1 Å². The molecule has 1 heterocycles. The molecule has 0 aliphatic carbocycles. The number of carbonyl (C=O) groups excluding carboxylic acids is 2. The van der Waals surface area contributed by atoms with Crippen molar-refractivity contribution in [2.75, 3.05) is 44.2 Å². The number of piperazine rings is 1. The molecule has 160 valence electrons. The molecule has 0 spiro atoms. The molecule has 0 radical (unpaired) electrons. The number of para-hydroxylation sites is 2. The Bertz CT molecular complexity index is 833. The van der Waals surface area contributed by atoms with E-state index in [1.54, 1.807) is 0 Å². The third kappa shape index (κ3) is 6.07. The lowest BCUT2D eigenvalue weighted by Crippen LogP contribution is -3.16. The minimum absolute atomic E-state index is 0.0143. The van der Waals surface area contributed by atoms with Gasteiger partial charge in [-0.2, -0.15) is 0 Å². The van der Waals surface area contributed by atoms with Gasteiger partial charge in [0.2, 0.25) is 0 Å². The van der Waals surface area contributed by atoms with Crippen molar-refractivity contribution in [2.45, 2.75) is 26.3 Å². The van der Waals surface area contributed by atoms with Crippen LogP contribution in [0.1, 0.15) is 19.4 Å². The number of quaternary nitrogens is 1. The summed E-state index contributed by atoms with van der Waals surface area (Å²) in [6.45, 7) is 8.04. The van der Waals surface area contributed by atoms with Crippen molar-refractivity contribution < 1.29 is 19.2 Å². The van der Waals surface area contributed by atoms with Gasteiger partial charge in [-0.1, -0.05) is 42.5 Å². The molecule has 2 aromatic carbocycles. The van der Waals surface area contributed by atoms with E-state index in [4.69, 9.17) is 4.74 Å². The van der Waals surface area contributed by atoms with Crippen molar-refractivity contribution in [2.24, 2.45) is 0 Å². The molecule has 1 aliphatic rings. The lowest BCUT2D eigenvalue weighted by molar-refractivity contribution is -0.892. The lowest BCUT2D eigenvalue weighted by atomic mass is 10.0. The van der Waals surface area contributed by atoms with Gasteiger partial charge in [0.05, 0.1) is 44.5 Å². The molecule has 1 atom stereocenters. The molecule has 1 aliphatic heterocycles. The van der Waals surface area contributed by atoms with Crippen LogP contribution in [0.5, 0.6) is 5.75 Å². The van der Waals surface area contributed by atoms with Crippen LogP contribution < -0.4 is 19.9 Å². The van der Waals surface area contributed by atoms with Gasteiger partial charge in [0.15, 0.2) is 12.3 Å². The van der Waals surface area contributed by atoms with Crippen molar-refractivity contribution in [3.63, 3.8) is 0 Å². The predicted molar refractivity (Wildman–Crippen MR) is 118 cm³/mol. The number of benzene rings is 2. The van der Waals surface area contributed by atoms with E-state index >= 15 is 0 Å². The number of Topliss-reactive ketones (excluding diaryl/α,β-unsaturated/α-hetero) is 1. The largest absolute Gasteiger partial charge is 0.492 e. The molecule has 3 rings (SSSR count). The summed E-state index contributed by atoms with van der Waals surface area (Å²) in [6.07, 6.45) is 0.527. The highest BCUT2D eigenvalue weighted by molar-refractivity contribution is 5.88. The predicted octanol–water partition coefficient (Wildman–Crippen LogP) is 1.11. The van der Waals surface area contributed by atoms with Gasteiger partial charge in [0, 0.05) is 0 Å². The summed E-state index contributed by atoms with van der Waals surface area (Å²) in [5.41, 5.74) is 2.16. The van der Waals surface area contributed by atoms with E-state index in [1.807, 2.05) is 55.5 Å². The third-order valence-electron chi connectivity index (χ3n) is 5.50. The maximum absolute atomic E-state index is 12.6. The summed E-state index contributed by atoms with van der Waals surface area (Å²) in [4.78, 5) is 28.2. The highest BCUT2D eigenvalue weighted by Crippen LogP contribution is 2.27. The van der Waals surface area contributed by atoms with Gasteiger partial charge in [0.1, 0.15) is 5.75 Å². The molecule has 1 saturated heterocycles. The average Bonchev–Trinajstić information content (AvgIpc) is 2.75. The molecular weight excluding hydrogens is 378 g/mol. The number of carbonyl (C=O) groups is 2. The number of ketones is 1. The molecule has 2 N–H and O–H groups in total. The Morgan fingerprint density at radius 3 is 2.40 bits per heavy atom. The van der Waals surface area contributed by atoms with Crippen LogP contribution in [0.15, 0.2) is 54.6 Å². The molecule has 0 saturated carbocycles. The second kappa shape index (κ2) is 10.8. The Morgan fingerprint density at radius 1 is 1.07 bits per heavy atom. The van der Waals surface area contributed by atoms with E-state index in [0.29, 0.717) is 19.6 Å². The summed E-state index contributed by atoms with van der Waals surface area (Å²) in [5.74, 6) is 0.829. The Balaban J connectivity index is 1.50. The first-order valence-electron chi connectivity index (χ1n) is 10.7. The van der Waals surface area contributed by atoms with Crippen LogP contribution in [-0.4, -0.2) is 57.1 Å². The van der Waals surface area contributed by atoms with Crippen LogP contribution in [0.3, 0.4) is 0 Å². The molecule has 6 nitrogen and oxygen atoms in total. The highest BCUT2D eigenvalue weighted by atomic mass is 16.5. The van der Waals surface area contributed by atoms with Crippen LogP contribution in [0.4, 0.5) is 5.69 Å². The molecule has 2 aromatic rings. The number of nitrogens with one attached hydrogen (secondary N) is 2. The molecule has 0 aromatic heterocycles. The van der Waals surface area contributed by atoms with E-state index in [0.717, 1.165) is 43.2 Å². The Morgan fingerprint density at radius 2 is 1.73 bits per heavy atom. The summed E-state index contributed by atoms with van der Waals surface area (Å²) in [5, 5.41) is 2.94. The molecule has 1 amide bonds. The van der Waals surface area contributed by atoms with Gasteiger partial charge in [-0.05, 0) is 38.0 Å². The smallest absolute Gasteiger partial charge is 0.275 e. The molecule has 1 fully saturated rings. The van der Waals surface area contributed by atoms with Gasteiger partial charge in [0.25, 0.3) is 5.91 Å². The average molecular weight is 411 g/mol. The van der Waals surface area contributed by atoms with E-state index in [1.165, 1.54) is 11.8 Å². The summed E-state index contributed by atoms with van der Waals surface area (Å²) < 4.78 is 5.75. The van der Waals surface area contributed by atoms with Crippen LogP contribution in [0.2, 0.25) is 0 Å². The number of anilines is 1. The number of amides is 1. The van der Waals surface area contributed by atoms with Gasteiger partial charge in [-0.3, -0.25) is 9.59 Å². The van der Waals surface area contributed by atoms with Crippen LogP contribution in [-0.2, 0) is 16.0 Å². The summed E-state index contributed by atoms with van der Waals surface area (Å²) >= 11 is 0. The molecular formula is C24H32N3O3+. The zero-order valence-electron chi connectivity index (χ0n) is 17.9. The van der Waals surface area contributed by atoms with Crippen LogP contribution >= 0.6 is 0 Å². The first-order chi connectivity index (χ1) is 14.6. The number of hydrogen-bond acceptors (Lipinski definition) is 4. The Labute approximate surface area is 178 Å². The number of nitrogens with zero attached hydrogens (tertiary/aromatic N) is 1. The van der Waals surface area contributed by atoms with E-state index in [9.17, 15) is 9.59 Å². The zero-order valence-corrected chi connectivity index (χ0v) is 17.9. The minimum atomic E-state index is -0.473. The standard InChI is InChI=1S/C24H31N3O3/c1-3-30-23-12-8-7-11-22(23)27-15-13-26(14-16-27)18-24(29)25-21(19(2)28)17-20-9-5-4-6-10-20/h4-12,21H,3,13-18H2,1-2H3,(H,25,29)/p+1/t21-/m1/s1. The van der Waals surface area contributed by atoms with Crippen molar-refractivity contribution in [3.8, 4) is 5.75 Å². The lowest BCUT2D eigenvalue weighted by Gasteiger charge is -2.34. The Hall–Kier alpha value is -2.86. The SMILES string of the molecule is CCOc1ccccc1N1CC[NH+](CC(=O)N[C@H](Cc2ccccc2)C(C)=O)CC1. The summed E-state index contributed by atoms with van der Waals surface area (Å²) in [7, 11) is 0. The van der Waals surface area contributed by atoms with E-state index in [2.05, 4.69) is 16.3 Å². The molecule has 6 heteroatoms. The fraction of sp³-hybridized carbons (Fsp3) is 0.417. The summed E-state index contributed by atoms with van der Waals surface area (Å²) in [6, 6.07) is 17.4. The maximum Gasteiger partial charge on any atom is 0.275 e. The van der Waals surface area contributed by atoms with Gasteiger partial charge >= 0.3 is 0 Å². The number of rotatable bonds is 9. The quantitative estimate of drug-likeness (QED) is 0.650. The van der Waals surface area contributed by atoms with Crippen molar-refractivity contribution in [1.29, 1.82) is 0 Å². The number of hydrogen-bond donors (Lipinski definition) is 2. The van der Waals surface area contributed by atoms with Crippen molar-refractivity contribution in [3.05, 3.63) is 60.2 Å². The fourth-order valence-electron chi connectivity index (χ4n) is 3.86. The van der Waals surface area contributed by atoms with E-state index in [-0.39, 0.29) is 11.7 Å². The van der Waals surface area contributed by atoms with Crippen molar-refractivity contribution >= 4 is 17.4 Å². The highest BCUT2D eigenvalue weighted by Gasteiger charge is 2.25. The molecule has 0 unspecified atom stereocenters. The van der Waals surface area contributed by atoms with Gasteiger partial charge in [-0.25, -0.2) is 0 Å². The zero-order chi connectivity index (χ0) is 21.3. The fourth-order valence-corrected chi connectivity index (χ4v) is 3.86. The third-order valence-corrected chi connectivity index (χ3v) is 5.50.